The van der Waals surface area contributed by atoms with Crippen LogP contribution in [0.25, 0.3) is 21.8 Å². The minimum Gasteiger partial charge on any atom is -0.478 e. The first-order chi connectivity index (χ1) is 9.49. The standard InChI is InChI=1S/C13H9N3O4/c14-11-10(13(19)20)9-6-2-1-5(12(17)18)3-7(6)15-4-8(9)16-11/h1-4,16H,14H2,(H,17,18)(H,19,20). The van der Waals surface area contributed by atoms with E-state index in [-0.39, 0.29) is 16.9 Å². The van der Waals surface area contributed by atoms with Gasteiger partial charge in [-0.2, -0.15) is 0 Å². The summed E-state index contributed by atoms with van der Waals surface area (Å²) in [5.74, 6) is -2.17. The molecule has 3 aromatic rings. The third-order valence-electron chi connectivity index (χ3n) is 3.12. The molecule has 100 valence electrons. The number of carboxylic acid groups (broad SMARTS) is 2. The molecule has 7 heteroatoms. The number of aromatic amines is 1. The molecule has 0 radical (unpaired) electrons. The minimum absolute atomic E-state index is 0.0320. The van der Waals surface area contributed by atoms with E-state index in [1.807, 2.05) is 0 Å². The molecule has 0 spiro atoms. The van der Waals surface area contributed by atoms with E-state index in [9.17, 15) is 14.7 Å². The van der Waals surface area contributed by atoms with Crippen molar-refractivity contribution in [3.05, 3.63) is 35.5 Å². The van der Waals surface area contributed by atoms with Crippen LogP contribution in [0, 0.1) is 0 Å². The third-order valence-corrected chi connectivity index (χ3v) is 3.12. The van der Waals surface area contributed by atoms with E-state index in [0.717, 1.165) is 0 Å². The van der Waals surface area contributed by atoms with Crippen LogP contribution in [0.4, 0.5) is 5.82 Å². The van der Waals surface area contributed by atoms with Gasteiger partial charge in [0.05, 0.1) is 22.8 Å². The molecule has 0 aliphatic carbocycles. The van der Waals surface area contributed by atoms with Crippen LogP contribution in [0.3, 0.4) is 0 Å². The van der Waals surface area contributed by atoms with Crippen molar-refractivity contribution in [2.75, 3.05) is 5.73 Å². The molecule has 0 saturated heterocycles. The monoisotopic (exact) mass is 271 g/mol. The highest BCUT2D eigenvalue weighted by Crippen LogP contribution is 2.30. The van der Waals surface area contributed by atoms with Crippen LogP contribution in [0.15, 0.2) is 24.4 Å². The second-order valence-corrected chi connectivity index (χ2v) is 4.30. The molecule has 1 aromatic carbocycles. The predicted molar refractivity (Wildman–Crippen MR) is 71.9 cm³/mol. The van der Waals surface area contributed by atoms with Crippen LogP contribution < -0.4 is 5.73 Å². The zero-order valence-electron chi connectivity index (χ0n) is 10.0. The number of carbonyl (C=O) groups is 2. The van der Waals surface area contributed by atoms with Gasteiger partial charge in [0.15, 0.2) is 0 Å². The van der Waals surface area contributed by atoms with Gasteiger partial charge in [0.1, 0.15) is 11.4 Å². The maximum Gasteiger partial charge on any atom is 0.340 e. The Morgan fingerprint density at radius 1 is 1.20 bits per heavy atom. The van der Waals surface area contributed by atoms with Gasteiger partial charge in [0.25, 0.3) is 0 Å². The number of nitrogen functional groups attached to an aromatic ring is 1. The van der Waals surface area contributed by atoms with Gasteiger partial charge in [-0.05, 0) is 12.1 Å². The van der Waals surface area contributed by atoms with E-state index < -0.39 is 11.9 Å². The normalized spacial score (nSPS) is 11.0. The lowest BCUT2D eigenvalue weighted by Crippen LogP contribution is -2.00. The van der Waals surface area contributed by atoms with Crippen molar-refractivity contribution in [1.29, 1.82) is 0 Å². The largest absolute Gasteiger partial charge is 0.478 e. The fourth-order valence-corrected chi connectivity index (χ4v) is 2.26. The fraction of sp³-hybridized carbons (Fsp3) is 0. The van der Waals surface area contributed by atoms with Crippen LogP contribution >= 0.6 is 0 Å². The molecule has 2 aromatic heterocycles. The second-order valence-electron chi connectivity index (χ2n) is 4.30. The topological polar surface area (TPSA) is 129 Å². The van der Waals surface area contributed by atoms with Gasteiger partial charge in [-0.15, -0.1) is 0 Å². The van der Waals surface area contributed by atoms with E-state index in [2.05, 4.69) is 9.97 Å². The molecule has 0 bridgehead atoms. The number of aromatic nitrogens is 2. The first-order valence-electron chi connectivity index (χ1n) is 5.65. The summed E-state index contributed by atoms with van der Waals surface area (Å²) >= 11 is 0. The van der Waals surface area contributed by atoms with Crippen molar-refractivity contribution in [2.24, 2.45) is 0 Å². The molecule has 0 aliphatic heterocycles. The second kappa shape index (κ2) is 3.95. The fourth-order valence-electron chi connectivity index (χ4n) is 2.26. The Bertz CT molecular complexity index is 882. The van der Waals surface area contributed by atoms with E-state index in [0.29, 0.717) is 21.8 Å². The number of rotatable bonds is 2. The number of H-pyrrole nitrogens is 1. The highest BCUT2D eigenvalue weighted by atomic mass is 16.4. The summed E-state index contributed by atoms with van der Waals surface area (Å²) < 4.78 is 0. The van der Waals surface area contributed by atoms with E-state index >= 15 is 0 Å². The summed E-state index contributed by atoms with van der Waals surface area (Å²) in [7, 11) is 0. The van der Waals surface area contributed by atoms with E-state index in [1.54, 1.807) is 0 Å². The van der Waals surface area contributed by atoms with Gasteiger partial charge in [-0.25, -0.2) is 9.59 Å². The lowest BCUT2D eigenvalue weighted by atomic mass is 10.1. The summed E-state index contributed by atoms with van der Waals surface area (Å²) in [6.07, 6.45) is 1.44. The molecule has 0 atom stereocenters. The first kappa shape index (κ1) is 12.0. The molecule has 0 fully saturated rings. The lowest BCUT2D eigenvalue weighted by Gasteiger charge is -2.02. The molecule has 2 heterocycles. The molecular formula is C13H9N3O4. The van der Waals surface area contributed by atoms with E-state index in [1.165, 1.54) is 24.4 Å². The predicted octanol–water partition coefficient (Wildman–Crippen LogP) is 1.69. The zero-order chi connectivity index (χ0) is 14.4. The maximum absolute atomic E-state index is 11.3. The number of nitrogens with two attached hydrogens (primary N) is 1. The molecule has 0 aliphatic rings. The first-order valence-corrected chi connectivity index (χ1v) is 5.65. The van der Waals surface area contributed by atoms with Crippen LogP contribution in [-0.2, 0) is 0 Å². The maximum atomic E-state index is 11.3. The quantitative estimate of drug-likeness (QED) is 0.561. The number of nitrogens with zero attached hydrogens (tertiary/aromatic N) is 1. The molecule has 20 heavy (non-hydrogen) atoms. The van der Waals surface area contributed by atoms with Gasteiger partial charge in [0.2, 0.25) is 0 Å². The van der Waals surface area contributed by atoms with Crippen molar-refractivity contribution in [3.63, 3.8) is 0 Å². The molecule has 0 unspecified atom stereocenters. The van der Waals surface area contributed by atoms with Gasteiger partial charge in [-0.1, -0.05) is 6.07 Å². The summed E-state index contributed by atoms with van der Waals surface area (Å²) in [6.45, 7) is 0. The van der Waals surface area contributed by atoms with Crippen LogP contribution in [0.2, 0.25) is 0 Å². The Labute approximate surface area is 111 Å². The Hall–Kier alpha value is -3.09. The summed E-state index contributed by atoms with van der Waals surface area (Å²) in [6, 6.07) is 4.33. The van der Waals surface area contributed by atoms with Gasteiger partial charge < -0.3 is 20.9 Å². The molecule has 0 saturated carbocycles. The average Bonchev–Trinajstić information content (AvgIpc) is 2.74. The highest BCUT2D eigenvalue weighted by molar-refractivity contribution is 6.18. The van der Waals surface area contributed by atoms with Crippen molar-refractivity contribution in [1.82, 2.24) is 9.97 Å². The molecule has 7 nitrogen and oxygen atoms in total. The third kappa shape index (κ3) is 1.57. The Balaban J connectivity index is 2.46. The number of benzene rings is 1. The Morgan fingerprint density at radius 2 is 1.95 bits per heavy atom. The number of carboxylic acids is 2. The van der Waals surface area contributed by atoms with E-state index in [4.69, 9.17) is 10.8 Å². The summed E-state index contributed by atoms with van der Waals surface area (Å²) in [4.78, 5) is 29.1. The van der Waals surface area contributed by atoms with Crippen LogP contribution in [0.5, 0.6) is 0 Å². The number of fused-ring (bicyclic) bond motifs is 3. The van der Waals surface area contributed by atoms with Crippen molar-refractivity contribution < 1.29 is 19.8 Å². The zero-order valence-corrected chi connectivity index (χ0v) is 10.0. The number of aromatic carboxylic acids is 2. The number of pyridine rings is 1. The lowest BCUT2D eigenvalue weighted by molar-refractivity contribution is 0.0687. The van der Waals surface area contributed by atoms with Gasteiger partial charge >= 0.3 is 11.9 Å². The Kier molecular flexibility index (Phi) is 2.37. The average molecular weight is 271 g/mol. The number of nitrogens with one attached hydrogen (secondary N) is 1. The smallest absolute Gasteiger partial charge is 0.340 e. The molecular weight excluding hydrogens is 262 g/mol. The highest BCUT2D eigenvalue weighted by Gasteiger charge is 2.19. The van der Waals surface area contributed by atoms with Gasteiger partial charge in [0, 0.05) is 10.8 Å². The SMILES string of the molecule is Nc1[nH]c2cnc3cc(C(=O)O)ccc3c2c1C(=O)O. The minimum atomic E-state index is -1.15. The van der Waals surface area contributed by atoms with Crippen molar-refractivity contribution >= 4 is 39.6 Å². The number of hydrogen-bond acceptors (Lipinski definition) is 4. The van der Waals surface area contributed by atoms with Crippen molar-refractivity contribution in [3.8, 4) is 0 Å². The Morgan fingerprint density at radius 3 is 2.60 bits per heavy atom. The molecule has 5 N–H and O–H groups in total. The van der Waals surface area contributed by atoms with Gasteiger partial charge in [-0.3, -0.25) is 4.98 Å². The summed E-state index contributed by atoms with van der Waals surface area (Å²) in [5.41, 5.74) is 6.62. The number of hydrogen-bond donors (Lipinski definition) is 4. The van der Waals surface area contributed by atoms with Crippen molar-refractivity contribution in [2.45, 2.75) is 0 Å². The molecule has 3 rings (SSSR count). The molecule has 0 amide bonds. The van der Waals surface area contributed by atoms with Crippen LogP contribution in [-0.4, -0.2) is 32.1 Å². The number of anilines is 1. The van der Waals surface area contributed by atoms with Crippen LogP contribution in [0.1, 0.15) is 20.7 Å². The summed E-state index contributed by atoms with van der Waals surface area (Å²) in [5, 5.41) is 19.2.